The molecule has 0 aromatic carbocycles. The molecule has 0 radical (unpaired) electrons. The first-order valence-electron chi connectivity index (χ1n) is 6.07. The standard InChI is InChI=1S/C11H20N4O/c1-2-3-4-10-13-11(16-14-10)8-15-6-5-9(12)7-15/h9H,2-8,12H2,1H3. The summed E-state index contributed by atoms with van der Waals surface area (Å²) in [5, 5.41) is 3.97. The molecular formula is C11H20N4O. The number of hydrogen-bond acceptors (Lipinski definition) is 5. The van der Waals surface area contributed by atoms with E-state index in [0.717, 1.165) is 57.0 Å². The molecule has 90 valence electrons. The molecule has 5 nitrogen and oxygen atoms in total. The summed E-state index contributed by atoms with van der Waals surface area (Å²) < 4.78 is 5.22. The Morgan fingerprint density at radius 3 is 3.12 bits per heavy atom. The second-order valence-corrected chi connectivity index (χ2v) is 4.49. The predicted molar refractivity (Wildman–Crippen MR) is 60.8 cm³/mol. The lowest BCUT2D eigenvalue weighted by atomic mass is 10.2. The molecule has 0 aliphatic carbocycles. The monoisotopic (exact) mass is 224 g/mol. The third-order valence-electron chi connectivity index (χ3n) is 2.93. The molecule has 1 unspecified atom stereocenters. The molecule has 1 saturated heterocycles. The molecule has 1 fully saturated rings. The first-order valence-corrected chi connectivity index (χ1v) is 6.07. The number of hydrogen-bond donors (Lipinski definition) is 1. The van der Waals surface area contributed by atoms with Crippen molar-refractivity contribution in [3.8, 4) is 0 Å². The van der Waals surface area contributed by atoms with Crippen LogP contribution in [0, 0.1) is 0 Å². The highest BCUT2D eigenvalue weighted by Crippen LogP contribution is 2.11. The maximum Gasteiger partial charge on any atom is 0.240 e. The molecule has 1 aromatic rings. The minimum absolute atomic E-state index is 0.308. The van der Waals surface area contributed by atoms with Crippen molar-refractivity contribution >= 4 is 0 Å². The summed E-state index contributed by atoms with van der Waals surface area (Å²) in [6.45, 7) is 4.87. The second-order valence-electron chi connectivity index (χ2n) is 4.49. The summed E-state index contributed by atoms with van der Waals surface area (Å²) in [6.07, 6.45) is 4.26. The van der Waals surface area contributed by atoms with Gasteiger partial charge in [-0.3, -0.25) is 4.90 Å². The average Bonchev–Trinajstić information content (AvgIpc) is 2.86. The van der Waals surface area contributed by atoms with Crippen molar-refractivity contribution in [2.24, 2.45) is 5.73 Å². The van der Waals surface area contributed by atoms with E-state index in [9.17, 15) is 0 Å². The molecule has 1 atom stereocenters. The maximum absolute atomic E-state index is 5.84. The highest BCUT2D eigenvalue weighted by Gasteiger charge is 2.20. The molecule has 0 spiro atoms. The highest BCUT2D eigenvalue weighted by molar-refractivity contribution is 4.88. The van der Waals surface area contributed by atoms with E-state index < -0.39 is 0 Å². The number of nitrogens with two attached hydrogens (primary N) is 1. The smallest absolute Gasteiger partial charge is 0.240 e. The molecule has 0 amide bonds. The number of aryl methyl sites for hydroxylation is 1. The van der Waals surface area contributed by atoms with Gasteiger partial charge in [-0.15, -0.1) is 0 Å². The molecular weight excluding hydrogens is 204 g/mol. The van der Waals surface area contributed by atoms with E-state index in [4.69, 9.17) is 10.3 Å². The first-order chi connectivity index (χ1) is 7.78. The third-order valence-corrected chi connectivity index (χ3v) is 2.93. The van der Waals surface area contributed by atoms with Crippen LogP contribution < -0.4 is 5.73 Å². The summed E-state index contributed by atoms with van der Waals surface area (Å²) in [4.78, 5) is 6.64. The Labute approximate surface area is 96.0 Å². The zero-order valence-electron chi connectivity index (χ0n) is 9.85. The Balaban J connectivity index is 1.83. The van der Waals surface area contributed by atoms with Gasteiger partial charge in [0.1, 0.15) is 0 Å². The van der Waals surface area contributed by atoms with Crippen LogP contribution in [0.15, 0.2) is 4.52 Å². The molecule has 1 aliphatic rings. The van der Waals surface area contributed by atoms with E-state index in [2.05, 4.69) is 22.0 Å². The van der Waals surface area contributed by atoms with Crippen LogP contribution in [0.4, 0.5) is 0 Å². The number of rotatable bonds is 5. The van der Waals surface area contributed by atoms with Crippen molar-refractivity contribution in [1.29, 1.82) is 0 Å². The molecule has 0 saturated carbocycles. The topological polar surface area (TPSA) is 68.2 Å². The number of likely N-dealkylation sites (tertiary alicyclic amines) is 1. The van der Waals surface area contributed by atoms with Gasteiger partial charge in [0.2, 0.25) is 5.89 Å². The van der Waals surface area contributed by atoms with Crippen LogP contribution in [0.3, 0.4) is 0 Å². The molecule has 2 N–H and O–H groups in total. The van der Waals surface area contributed by atoms with E-state index in [1.54, 1.807) is 0 Å². The molecule has 1 aromatic heterocycles. The fourth-order valence-corrected chi connectivity index (χ4v) is 1.99. The van der Waals surface area contributed by atoms with Gasteiger partial charge in [0.05, 0.1) is 6.54 Å². The fourth-order valence-electron chi connectivity index (χ4n) is 1.99. The first kappa shape index (κ1) is 11.5. The summed E-state index contributed by atoms with van der Waals surface area (Å²) in [5.74, 6) is 1.56. The summed E-state index contributed by atoms with van der Waals surface area (Å²) in [5.41, 5.74) is 5.84. The third kappa shape index (κ3) is 3.02. The van der Waals surface area contributed by atoms with Gasteiger partial charge in [-0.2, -0.15) is 4.98 Å². The summed E-state index contributed by atoms with van der Waals surface area (Å²) >= 11 is 0. The van der Waals surface area contributed by atoms with Gasteiger partial charge in [0.25, 0.3) is 0 Å². The fraction of sp³-hybridized carbons (Fsp3) is 0.818. The van der Waals surface area contributed by atoms with Crippen LogP contribution in [-0.2, 0) is 13.0 Å². The SMILES string of the molecule is CCCCc1noc(CN2CCC(N)C2)n1. The Morgan fingerprint density at radius 2 is 2.44 bits per heavy atom. The number of nitrogens with zero attached hydrogens (tertiary/aromatic N) is 3. The number of aromatic nitrogens is 2. The molecule has 5 heteroatoms. The summed E-state index contributed by atoms with van der Waals surface area (Å²) in [7, 11) is 0. The molecule has 2 heterocycles. The van der Waals surface area contributed by atoms with E-state index in [-0.39, 0.29) is 0 Å². The molecule has 2 rings (SSSR count). The largest absolute Gasteiger partial charge is 0.338 e. The maximum atomic E-state index is 5.84. The van der Waals surface area contributed by atoms with Crippen LogP contribution in [0.5, 0.6) is 0 Å². The highest BCUT2D eigenvalue weighted by atomic mass is 16.5. The van der Waals surface area contributed by atoms with Crippen molar-refractivity contribution in [3.63, 3.8) is 0 Å². The lowest BCUT2D eigenvalue weighted by Crippen LogP contribution is -2.26. The van der Waals surface area contributed by atoms with Gasteiger partial charge < -0.3 is 10.3 Å². The zero-order chi connectivity index (χ0) is 11.4. The van der Waals surface area contributed by atoms with Gasteiger partial charge in [0.15, 0.2) is 5.82 Å². The van der Waals surface area contributed by atoms with Gasteiger partial charge in [-0.1, -0.05) is 18.5 Å². The predicted octanol–water partition coefficient (Wildman–Crippen LogP) is 0.945. The van der Waals surface area contributed by atoms with Crippen LogP contribution in [0.2, 0.25) is 0 Å². The van der Waals surface area contributed by atoms with Gasteiger partial charge in [0, 0.05) is 25.6 Å². The Bertz CT molecular complexity index is 326. The van der Waals surface area contributed by atoms with E-state index in [1.807, 2.05) is 0 Å². The Hall–Kier alpha value is -0.940. The van der Waals surface area contributed by atoms with Crippen molar-refractivity contribution in [1.82, 2.24) is 15.0 Å². The van der Waals surface area contributed by atoms with Crippen LogP contribution in [-0.4, -0.2) is 34.2 Å². The van der Waals surface area contributed by atoms with Crippen molar-refractivity contribution in [3.05, 3.63) is 11.7 Å². The number of unbranched alkanes of at least 4 members (excludes halogenated alkanes) is 1. The van der Waals surface area contributed by atoms with Gasteiger partial charge >= 0.3 is 0 Å². The molecule has 0 bridgehead atoms. The van der Waals surface area contributed by atoms with Crippen LogP contribution in [0.1, 0.15) is 37.9 Å². The lowest BCUT2D eigenvalue weighted by molar-refractivity contribution is 0.265. The van der Waals surface area contributed by atoms with E-state index >= 15 is 0 Å². The van der Waals surface area contributed by atoms with Crippen molar-refractivity contribution < 1.29 is 4.52 Å². The van der Waals surface area contributed by atoms with Gasteiger partial charge in [-0.25, -0.2) is 0 Å². The average molecular weight is 224 g/mol. The minimum Gasteiger partial charge on any atom is -0.338 e. The minimum atomic E-state index is 0.308. The molecule has 1 aliphatic heterocycles. The van der Waals surface area contributed by atoms with E-state index in [1.165, 1.54) is 0 Å². The normalized spacial score (nSPS) is 21.8. The second kappa shape index (κ2) is 5.41. The van der Waals surface area contributed by atoms with E-state index in [0.29, 0.717) is 6.04 Å². The molecule has 16 heavy (non-hydrogen) atoms. The Kier molecular flexibility index (Phi) is 3.90. The zero-order valence-corrected chi connectivity index (χ0v) is 9.85. The van der Waals surface area contributed by atoms with Gasteiger partial charge in [-0.05, 0) is 12.8 Å². The van der Waals surface area contributed by atoms with Crippen molar-refractivity contribution in [2.75, 3.05) is 13.1 Å². The van der Waals surface area contributed by atoms with Crippen molar-refractivity contribution in [2.45, 2.75) is 45.2 Å². The lowest BCUT2D eigenvalue weighted by Gasteiger charge is -2.10. The Morgan fingerprint density at radius 1 is 1.56 bits per heavy atom. The summed E-state index contributed by atoms with van der Waals surface area (Å²) in [6, 6.07) is 0.308. The quantitative estimate of drug-likeness (QED) is 0.806. The van der Waals surface area contributed by atoms with Crippen LogP contribution >= 0.6 is 0 Å². The van der Waals surface area contributed by atoms with Crippen LogP contribution in [0.25, 0.3) is 0 Å².